The third-order valence-electron chi connectivity index (χ3n) is 2.28. The van der Waals surface area contributed by atoms with E-state index in [4.69, 9.17) is 0 Å². The third kappa shape index (κ3) is 2.79. The van der Waals surface area contributed by atoms with Crippen LogP contribution in [0.2, 0.25) is 0 Å². The van der Waals surface area contributed by atoms with Crippen molar-refractivity contribution in [2.24, 2.45) is 0 Å². The molecule has 0 aromatic carbocycles. The molecule has 0 spiro atoms. The Kier molecular flexibility index (Phi) is 4.68. The minimum atomic E-state index is -7.15. The molecule has 0 fully saturated rings. The van der Waals surface area contributed by atoms with Crippen LogP contribution in [-0.4, -0.2) is 36.2 Å². The standard InChI is InChI=1S/C8H7F11O/c1-4(2,20-3(9)10)5(11,12)6(13,14)7(15,16)8(17,18)19/h3H,1-2H3. The van der Waals surface area contributed by atoms with Crippen LogP contribution < -0.4 is 0 Å². The van der Waals surface area contributed by atoms with Crippen molar-refractivity contribution in [3.05, 3.63) is 0 Å². The summed E-state index contributed by atoms with van der Waals surface area (Å²) in [5, 5.41) is 0. The van der Waals surface area contributed by atoms with Crippen LogP contribution in [0.3, 0.4) is 0 Å². The Labute approximate surface area is 104 Å². The largest absolute Gasteiger partial charge is 0.460 e. The van der Waals surface area contributed by atoms with E-state index in [1.165, 1.54) is 0 Å². The number of rotatable bonds is 5. The van der Waals surface area contributed by atoms with E-state index in [2.05, 4.69) is 4.74 Å². The van der Waals surface area contributed by atoms with Gasteiger partial charge in [-0.1, -0.05) is 0 Å². The number of ether oxygens (including phenoxy) is 1. The second-order valence-electron chi connectivity index (χ2n) is 4.11. The van der Waals surface area contributed by atoms with Gasteiger partial charge in [-0.05, 0) is 13.8 Å². The molecule has 0 saturated heterocycles. The zero-order valence-electron chi connectivity index (χ0n) is 9.64. The first-order chi connectivity index (χ1) is 8.42. The van der Waals surface area contributed by atoms with Crippen molar-refractivity contribution in [1.82, 2.24) is 0 Å². The lowest BCUT2D eigenvalue weighted by Crippen LogP contribution is -2.67. The fourth-order valence-corrected chi connectivity index (χ4v) is 1.05. The second-order valence-corrected chi connectivity index (χ2v) is 4.11. The SMILES string of the molecule is CC(C)(OC(F)F)C(F)(F)C(F)(F)C(F)(F)C(F)(F)F. The summed E-state index contributed by atoms with van der Waals surface area (Å²) < 4.78 is 139. The van der Waals surface area contributed by atoms with Gasteiger partial charge in [0.25, 0.3) is 0 Å². The first-order valence-corrected chi connectivity index (χ1v) is 4.58. The molecule has 0 N–H and O–H groups in total. The van der Waals surface area contributed by atoms with Crippen LogP contribution in [-0.2, 0) is 4.74 Å². The molecule has 0 aliphatic carbocycles. The van der Waals surface area contributed by atoms with E-state index in [1.807, 2.05) is 0 Å². The van der Waals surface area contributed by atoms with Gasteiger partial charge in [0.05, 0.1) is 0 Å². The lowest BCUT2D eigenvalue weighted by atomic mass is 9.90. The molecule has 1 nitrogen and oxygen atoms in total. The Morgan fingerprint density at radius 1 is 0.650 bits per heavy atom. The molecule has 0 heterocycles. The Hall–Kier alpha value is -0.810. The molecule has 0 atom stereocenters. The molecule has 12 heteroatoms. The molecule has 0 unspecified atom stereocenters. The number of halogens is 11. The molecular weight excluding hydrogens is 321 g/mol. The predicted molar refractivity (Wildman–Crippen MR) is 42.1 cm³/mol. The molecule has 0 rings (SSSR count). The quantitative estimate of drug-likeness (QED) is 0.677. The van der Waals surface area contributed by atoms with E-state index >= 15 is 0 Å². The predicted octanol–water partition coefficient (Wildman–Crippen LogP) is 4.47. The minimum Gasteiger partial charge on any atom is -0.310 e. The van der Waals surface area contributed by atoms with Crippen LogP contribution >= 0.6 is 0 Å². The second kappa shape index (κ2) is 4.88. The van der Waals surface area contributed by atoms with Gasteiger partial charge in [0, 0.05) is 0 Å². The van der Waals surface area contributed by atoms with Gasteiger partial charge < -0.3 is 4.74 Å². The summed E-state index contributed by atoms with van der Waals surface area (Å²) in [6.45, 7) is -4.43. The van der Waals surface area contributed by atoms with E-state index in [1.54, 1.807) is 0 Å². The summed E-state index contributed by atoms with van der Waals surface area (Å²) in [6.07, 6.45) is -7.01. The highest BCUT2D eigenvalue weighted by Gasteiger charge is 2.84. The molecular formula is C8H7F11O. The molecule has 0 aliphatic heterocycles. The average Bonchev–Trinajstić information content (AvgIpc) is 2.12. The molecule has 0 bridgehead atoms. The first kappa shape index (κ1) is 19.2. The number of hydrogen-bond acceptors (Lipinski definition) is 1. The fourth-order valence-electron chi connectivity index (χ4n) is 1.05. The van der Waals surface area contributed by atoms with Gasteiger partial charge in [0.2, 0.25) is 0 Å². The summed E-state index contributed by atoms with van der Waals surface area (Å²) >= 11 is 0. The van der Waals surface area contributed by atoms with E-state index in [0.29, 0.717) is 0 Å². The summed E-state index contributed by atoms with van der Waals surface area (Å²) in [4.78, 5) is 0. The smallest absolute Gasteiger partial charge is 0.310 e. The molecule has 0 aromatic heterocycles. The maximum Gasteiger partial charge on any atom is 0.460 e. The summed E-state index contributed by atoms with van der Waals surface area (Å²) in [5.74, 6) is -20.4. The van der Waals surface area contributed by atoms with Crippen molar-refractivity contribution in [2.45, 2.75) is 50.0 Å². The van der Waals surface area contributed by atoms with Crippen molar-refractivity contribution >= 4 is 0 Å². The highest BCUT2D eigenvalue weighted by atomic mass is 19.4. The molecule has 0 radical (unpaired) electrons. The zero-order valence-corrected chi connectivity index (χ0v) is 9.64. The lowest BCUT2D eigenvalue weighted by molar-refractivity contribution is -0.423. The Balaban J connectivity index is 5.80. The average molecular weight is 328 g/mol. The van der Waals surface area contributed by atoms with Gasteiger partial charge in [0.1, 0.15) is 5.60 Å². The van der Waals surface area contributed by atoms with E-state index in [-0.39, 0.29) is 13.8 Å². The molecule has 0 amide bonds. The summed E-state index contributed by atoms with van der Waals surface area (Å²) in [6, 6.07) is 0. The van der Waals surface area contributed by atoms with Gasteiger partial charge in [-0.25, -0.2) is 0 Å². The van der Waals surface area contributed by atoms with Crippen molar-refractivity contribution in [1.29, 1.82) is 0 Å². The number of hydrogen-bond donors (Lipinski definition) is 0. The number of alkyl halides is 11. The Bertz CT molecular complexity index is 343. The summed E-state index contributed by atoms with van der Waals surface area (Å²) in [5.41, 5.74) is -3.99. The van der Waals surface area contributed by atoms with Gasteiger partial charge in [-0.2, -0.15) is 48.3 Å². The molecule has 122 valence electrons. The molecule has 0 saturated carbocycles. The molecule has 0 aliphatic rings. The normalized spacial score (nSPS) is 15.9. The fraction of sp³-hybridized carbons (Fsp3) is 1.00. The maximum absolute atomic E-state index is 13.2. The molecule has 0 aromatic rings. The van der Waals surface area contributed by atoms with Crippen molar-refractivity contribution < 1.29 is 53.0 Å². The molecule has 20 heavy (non-hydrogen) atoms. The van der Waals surface area contributed by atoms with Crippen molar-refractivity contribution in [2.75, 3.05) is 0 Å². The van der Waals surface area contributed by atoms with Crippen LogP contribution in [0.5, 0.6) is 0 Å². The summed E-state index contributed by atoms with van der Waals surface area (Å²) in [7, 11) is 0. The monoisotopic (exact) mass is 328 g/mol. The highest BCUT2D eigenvalue weighted by Crippen LogP contribution is 2.56. The lowest BCUT2D eigenvalue weighted by Gasteiger charge is -2.41. The third-order valence-corrected chi connectivity index (χ3v) is 2.28. The Morgan fingerprint density at radius 3 is 1.25 bits per heavy atom. The topological polar surface area (TPSA) is 9.23 Å². The van der Waals surface area contributed by atoms with Crippen molar-refractivity contribution in [3.63, 3.8) is 0 Å². The van der Waals surface area contributed by atoms with Crippen LogP contribution in [0, 0.1) is 0 Å². The van der Waals surface area contributed by atoms with Gasteiger partial charge in [-0.15, -0.1) is 0 Å². The Morgan fingerprint density at radius 2 is 1.00 bits per heavy atom. The zero-order chi connectivity index (χ0) is 16.8. The van der Waals surface area contributed by atoms with Gasteiger partial charge in [-0.3, -0.25) is 0 Å². The van der Waals surface area contributed by atoms with Crippen molar-refractivity contribution in [3.8, 4) is 0 Å². The minimum absolute atomic E-state index is 0.167. The maximum atomic E-state index is 13.2. The van der Waals surface area contributed by atoms with Gasteiger partial charge in [0.15, 0.2) is 0 Å². The van der Waals surface area contributed by atoms with Crippen LogP contribution in [0.15, 0.2) is 0 Å². The highest BCUT2D eigenvalue weighted by molar-refractivity contribution is 5.07. The van der Waals surface area contributed by atoms with Gasteiger partial charge >= 0.3 is 30.6 Å². The first-order valence-electron chi connectivity index (χ1n) is 4.58. The van der Waals surface area contributed by atoms with E-state index in [9.17, 15) is 48.3 Å². The van der Waals surface area contributed by atoms with Crippen LogP contribution in [0.1, 0.15) is 13.8 Å². The van der Waals surface area contributed by atoms with E-state index < -0.39 is 36.2 Å². The van der Waals surface area contributed by atoms with Crippen LogP contribution in [0.4, 0.5) is 48.3 Å². The van der Waals surface area contributed by atoms with Crippen LogP contribution in [0.25, 0.3) is 0 Å². The van der Waals surface area contributed by atoms with E-state index in [0.717, 1.165) is 0 Å².